The van der Waals surface area contributed by atoms with Crippen molar-refractivity contribution in [3.8, 4) is 11.5 Å². The van der Waals surface area contributed by atoms with Crippen LogP contribution in [0.3, 0.4) is 0 Å². The summed E-state index contributed by atoms with van der Waals surface area (Å²) >= 11 is 7.35. The summed E-state index contributed by atoms with van der Waals surface area (Å²) in [6.45, 7) is 0.273. The molecule has 3 rings (SSSR count). The quantitative estimate of drug-likeness (QED) is 0.899. The Labute approximate surface area is 137 Å². The van der Waals surface area contributed by atoms with Gasteiger partial charge in [0.1, 0.15) is 0 Å². The van der Waals surface area contributed by atoms with Gasteiger partial charge in [0, 0.05) is 16.5 Å². The summed E-state index contributed by atoms with van der Waals surface area (Å²) in [5, 5.41) is 3.48. The molecule has 1 N–H and O–H groups in total. The molecule has 1 aliphatic rings. The Morgan fingerprint density at radius 1 is 1.14 bits per heavy atom. The number of ether oxygens (including phenoxy) is 2. The smallest absolute Gasteiger partial charge is 0.234 e. The maximum Gasteiger partial charge on any atom is 0.234 e. The average Bonchev–Trinajstić information content (AvgIpc) is 2.97. The maximum atomic E-state index is 11.9. The van der Waals surface area contributed by atoms with Gasteiger partial charge in [-0.25, -0.2) is 0 Å². The number of carbonyl (C=O) groups excluding carboxylic acids is 1. The first-order valence-electron chi connectivity index (χ1n) is 6.72. The highest BCUT2D eigenvalue weighted by molar-refractivity contribution is 7.99. The Morgan fingerprint density at radius 2 is 1.91 bits per heavy atom. The van der Waals surface area contributed by atoms with Gasteiger partial charge in [0.15, 0.2) is 11.5 Å². The van der Waals surface area contributed by atoms with Crippen LogP contribution in [-0.4, -0.2) is 18.5 Å². The van der Waals surface area contributed by atoms with Gasteiger partial charge in [-0.1, -0.05) is 17.7 Å². The summed E-state index contributed by atoms with van der Waals surface area (Å²) in [4.78, 5) is 11.9. The lowest BCUT2D eigenvalue weighted by Gasteiger charge is -2.06. The molecule has 2 aromatic carbocycles. The van der Waals surface area contributed by atoms with Crippen LogP contribution in [0.15, 0.2) is 42.5 Å². The van der Waals surface area contributed by atoms with Crippen molar-refractivity contribution in [2.45, 2.75) is 5.75 Å². The lowest BCUT2D eigenvalue weighted by Crippen LogP contribution is -2.14. The number of benzene rings is 2. The monoisotopic (exact) mass is 335 g/mol. The van der Waals surface area contributed by atoms with E-state index < -0.39 is 0 Å². The van der Waals surface area contributed by atoms with E-state index in [-0.39, 0.29) is 12.7 Å². The van der Waals surface area contributed by atoms with Gasteiger partial charge >= 0.3 is 0 Å². The van der Waals surface area contributed by atoms with E-state index in [4.69, 9.17) is 21.1 Å². The van der Waals surface area contributed by atoms with Crippen LogP contribution in [0.1, 0.15) is 5.56 Å². The summed E-state index contributed by atoms with van der Waals surface area (Å²) in [5.41, 5.74) is 1.85. The standard InChI is InChI=1S/C16H14ClNO3S/c17-12-2-4-13(5-3-12)18-16(19)9-22-8-11-1-6-14-15(7-11)21-10-20-14/h1-7H,8-10H2,(H,18,19). The number of halogens is 1. The number of thioether (sulfide) groups is 1. The fourth-order valence-electron chi connectivity index (χ4n) is 2.02. The van der Waals surface area contributed by atoms with Crippen molar-refractivity contribution in [1.29, 1.82) is 0 Å². The first-order valence-corrected chi connectivity index (χ1v) is 8.26. The van der Waals surface area contributed by atoms with Crippen molar-refractivity contribution in [3.63, 3.8) is 0 Å². The summed E-state index contributed by atoms with van der Waals surface area (Å²) in [7, 11) is 0. The fraction of sp³-hybridized carbons (Fsp3) is 0.188. The molecule has 0 saturated heterocycles. The molecular formula is C16H14ClNO3S. The molecule has 0 unspecified atom stereocenters. The highest BCUT2D eigenvalue weighted by Crippen LogP contribution is 2.33. The highest BCUT2D eigenvalue weighted by atomic mass is 35.5. The van der Waals surface area contributed by atoms with Gasteiger partial charge in [-0.15, -0.1) is 11.8 Å². The third kappa shape index (κ3) is 3.87. The van der Waals surface area contributed by atoms with Crippen molar-refractivity contribution in [1.82, 2.24) is 0 Å². The Balaban J connectivity index is 1.46. The minimum atomic E-state index is -0.0342. The van der Waals surface area contributed by atoms with Gasteiger partial charge in [-0.05, 0) is 42.0 Å². The third-order valence-electron chi connectivity index (χ3n) is 3.07. The Hall–Kier alpha value is -1.85. The molecule has 6 heteroatoms. The zero-order chi connectivity index (χ0) is 15.4. The topological polar surface area (TPSA) is 47.6 Å². The zero-order valence-corrected chi connectivity index (χ0v) is 13.2. The van der Waals surface area contributed by atoms with E-state index in [1.165, 1.54) is 0 Å². The van der Waals surface area contributed by atoms with Crippen LogP contribution < -0.4 is 14.8 Å². The van der Waals surface area contributed by atoms with Gasteiger partial charge in [-0.3, -0.25) is 4.79 Å². The van der Waals surface area contributed by atoms with Crippen molar-refractivity contribution < 1.29 is 14.3 Å². The summed E-state index contributed by atoms with van der Waals surface area (Å²) in [6.07, 6.45) is 0. The lowest BCUT2D eigenvalue weighted by molar-refractivity contribution is -0.113. The molecule has 0 fully saturated rings. The van der Waals surface area contributed by atoms with Crippen LogP contribution in [0.4, 0.5) is 5.69 Å². The number of anilines is 1. The molecule has 1 amide bonds. The Bertz CT molecular complexity index is 676. The zero-order valence-electron chi connectivity index (χ0n) is 11.7. The number of hydrogen-bond acceptors (Lipinski definition) is 4. The molecule has 0 bridgehead atoms. The second-order valence-electron chi connectivity index (χ2n) is 4.74. The molecule has 0 spiro atoms. The van der Waals surface area contributed by atoms with Gasteiger partial charge in [0.2, 0.25) is 12.7 Å². The fourth-order valence-corrected chi connectivity index (χ4v) is 2.92. The minimum absolute atomic E-state index is 0.0342. The summed E-state index contributed by atoms with van der Waals surface area (Å²) in [5.74, 6) is 2.63. The molecule has 22 heavy (non-hydrogen) atoms. The van der Waals surface area contributed by atoms with E-state index in [9.17, 15) is 4.79 Å². The Kier molecular flexibility index (Phi) is 4.75. The molecule has 114 valence electrons. The molecule has 0 radical (unpaired) electrons. The first-order chi connectivity index (χ1) is 10.7. The van der Waals surface area contributed by atoms with Crippen molar-refractivity contribution in [2.75, 3.05) is 17.9 Å². The van der Waals surface area contributed by atoms with E-state index in [1.54, 1.807) is 36.0 Å². The van der Waals surface area contributed by atoms with E-state index in [1.807, 2.05) is 18.2 Å². The summed E-state index contributed by atoms with van der Waals surface area (Å²) < 4.78 is 10.6. The molecule has 0 saturated carbocycles. The minimum Gasteiger partial charge on any atom is -0.454 e. The molecule has 0 atom stereocenters. The van der Waals surface area contributed by atoms with Crippen LogP contribution in [-0.2, 0) is 10.5 Å². The first kappa shape index (κ1) is 15.1. The van der Waals surface area contributed by atoms with Gasteiger partial charge in [-0.2, -0.15) is 0 Å². The van der Waals surface area contributed by atoms with Crippen LogP contribution in [0.5, 0.6) is 11.5 Å². The number of carbonyl (C=O) groups is 1. The van der Waals surface area contributed by atoms with Crippen molar-refractivity contribution in [3.05, 3.63) is 53.1 Å². The number of rotatable bonds is 5. The second kappa shape index (κ2) is 6.94. The summed E-state index contributed by atoms with van der Waals surface area (Å²) in [6, 6.07) is 12.9. The number of nitrogens with one attached hydrogen (secondary N) is 1. The van der Waals surface area contributed by atoms with Crippen molar-refractivity contribution >= 4 is 35.0 Å². The molecule has 1 heterocycles. The molecule has 0 aliphatic carbocycles. The second-order valence-corrected chi connectivity index (χ2v) is 6.16. The van der Waals surface area contributed by atoms with Crippen LogP contribution in [0, 0.1) is 0 Å². The normalized spacial score (nSPS) is 12.2. The maximum absolute atomic E-state index is 11.9. The van der Waals surface area contributed by atoms with Crippen LogP contribution in [0.2, 0.25) is 5.02 Å². The SMILES string of the molecule is O=C(CSCc1ccc2c(c1)OCO2)Nc1ccc(Cl)cc1. The lowest BCUT2D eigenvalue weighted by atomic mass is 10.2. The molecule has 0 aromatic heterocycles. The highest BCUT2D eigenvalue weighted by Gasteiger charge is 2.13. The Morgan fingerprint density at radius 3 is 2.73 bits per heavy atom. The molecule has 2 aromatic rings. The van der Waals surface area contributed by atoms with Crippen molar-refractivity contribution in [2.24, 2.45) is 0 Å². The predicted octanol–water partition coefficient (Wildman–Crippen LogP) is 3.94. The van der Waals surface area contributed by atoms with Gasteiger partial charge < -0.3 is 14.8 Å². The van der Waals surface area contributed by atoms with E-state index in [2.05, 4.69) is 5.32 Å². The van der Waals surface area contributed by atoms with Gasteiger partial charge in [0.05, 0.1) is 5.75 Å². The average molecular weight is 336 g/mol. The molecule has 4 nitrogen and oxygen atoms in total. The van der Waals surface area contributed by atoms with E-state index >= 15 is 0 Å². The van der Waals surface area contributed by atoms with E-state index in [0.717, 1.165) is 28.5 Å². The number of hydrogen-bond donors (Lipinski definition) is 1. The van der Waals surface area contributed by atoms with Crippen LogP contribution in [0.25, 0.3) is 0 Å². The van der Waals surface area contributed by atoms with E-state index in [0.29, 0.717) is 10.8 Å². The predicted molar refractivity (Wildman–Crippen MR) is 88.8 cm³/mol. The largest absolute Gasteiger partial charge is 0.454 e. The van der Waals surface area contributed by atoms with Gasteiger partial charge in [0.25, 0.3) is 0 Å². The van der Waals surface area contributed by atoms with Crippen LogP contribution >= 0.6 is 23.4 Å². The number of fused-ring (bicyclic) bond motifs is 1. The number of amides is 1. The molecule has 1 aliphatic heterocycles. The molecular weight excluding hydrogens is 322 g/mol. The third-order valence-corrected chi connectivity index (χ3v) is 4.32.